The highest BCUT2D eigenvalue weighted by molar-refractivity contribution is 4.48. The van der Waals surface area contributed by atoms with Crippen LogP contribution in [0.25, 0.3) is 0 Å². The third kappa shape index (κ3) is 4.47. The smallest absolute Gasteiger partial charge is 0.282 e. The highest BCUT2D eigenvalue weighted by Crippen LogP contribution is 2.09. The summed E-state index contributed by atoms with van der Waals surface area (Å²) in [7, 11) is 0. The Bertz CT molecular complexity index is 355. The van der Waals surface area contributed by atoms with Crippen molar-refractivity contribution in [2.75, 3.05) is 0 Å². The molecule has 0 aliphatic rings. The summed E-state index contributed by atoms with van der Waals surface area (Å²) in [5, 5.41) is 39.5. The van der Waals surface area contributed by atoms with Gasteiger partial charge in [-0.1, -0.05) is 0 Å². The van der Waals surface area contributed by atoms with Gasteiger partial charge in [0.05, 0.1) is 4.92 Å². The number of hydrogen-bond donors (Lipinski definition) is 0. The molecule has 14 heteroatoms. The van der Waals surface area contributed by atoms with E-state index in [0.29, 0.717) is 0 Å². The summed E-state index contributed by atoms with van der Waals surface area (Å²) in [6.45, 7) is 0.816. The van der Waals surface area contributed by atoms with Crippen LogP contribution < -0.4 is 0 Å². The van der Waals surface area contributed by atoms with Crippen LogP contribution in [0.1, 0.15) is 6.92 Å². The standard InChI is InChI=1S/C4H6N4O10/c1-2(18-8(15)16)17-4(7(13)14)3(5(9)10)6(11)12/h2-4H,1H3. The third-order valence-corrected chi connectivity index (χ3v) is 1.46. The average Bonchev–Trinajstić information content (AvgIpc) is 2.13. The predicted molar refractivity (Wildman–Crippen MR) is 47.2 cm³/mol. The zero-order chi connectivity index (χ0) is 14.5. The summed E-state index contributed by atoms with van der Waals surface area (Å²) >= 11 is 0. The number of hydrogen-bond acceptors (Lipinski definition) is 10. The van der Waals surface area contributed by atoms with Crippen LogP contribution in [0.2, 0.25) is 0 Å². The molecule has 0 bridgehead atoms. The monoisotopic (exact) mass is 270 g/mol. The van der Waals surface area contributed by atoms with E-state index in [2.05, 4.69) is 9.57 Å². The van der Waals surface area contributed by atoms with Gasteiger partial charge >= 0.3 is 12.4 Å². The van der Waals surface area contributed by atoms with Crippen LogP contribution in [0.5, 0.6) is 0 Å². The molecule has 0 saturated carbocycles. The molecule has 0 amide bonds. The van der Waals surface area contributed by atoms with Gasteiger partial charge in [0.25, 0.3) is 5.09 Å². The van der Waals surface area contributed by atoms with Crippen LogP contribution in [0.15, 0.2) is 0 Å². The van der Waals surface area contributed by atoms with Gasteiger partial charge in [0.2, 0.25) is 6.29 Å². The predicted octanol–water partition coefficient (Wildman–Crippen LogP) is -0.960. The van der Waals surface area contributed by atoms with E-state index in [4.69, 9.17) is 0 Å². The van der Waals surface area contributed by atoms with E-state index in [1.54, 1.807) is 0 Å². The molecule has 0 spiro atoms. The zero-order valence-electron chi connectivity index (χ0n) is 8.60. The molecule has 0 rings (SSSR count). The van der Waals surface area contributed by atoms with Crippen molar-refractivity contribution < 1.29 is 29.4 Å². The highest BCUT2D eigenvalue weighted by Gasteiger charge is 2.53. The Morgan fingerprint density at radius 3 is 1.61 bits per heavy atom. The molecule has 0 aromatic heterocycles. The summed E-state index contributed by atoms with van der Waals surface area (Å²) < 4.78 is 4.16. The lowest BCUT2D eigenvalue weighted by Crippen LogP contribution is -2.48. The van der Waals surface area contributed by atoms with Gasteiger partial charge in [-0.25, -0.2) is 0 Å². The molecule has 0 saturated heterocycles. The second-order valence-electron chi connectivity index (χ2n) is 2.69. The van der Waals surface area contributed by atoms with Gasteiger partial charge in [0.1, 0.15) is 9.85 Å². The minimum absolute atomic E-state index is 0.816. The van der Waals surface area contributed by atoms with Crippen molar-refractivity contribution in [3.05, 3.63) is 40.5 Å². The van der Waals surface area contributed by atoms with Crippen molar-refractivity contribution >= 4 is 0 Å². The van der Waals surface area contributed by atoms with Crippen molar-refractivity contribution in [1.82, 2.24) is 0 Å². The first-order valence-corrected chi connectivity index (χ1v) is 4.04. The van der Waals surface area contributed by atoms with Crippen LogP contribution >= 0.6 is 0 Å². The van der Waals surface area contributed by atoms with Crippen LogP contribution in [-0.2, 0) is 9.57 Å². The molecule has 2 atom stereocenters. The van der Waals surface area contributed by atoms with Gasteiger partial charge in [-0.2, -0.15) is 0 Å². The maximum Gasteiger partial charge on any atom is 0.541 e. The van der Waals surface area contributed by atoms with Crippen molar-refractivity contribution in [3.8, 4) is 0 Å². The minimum Gasteiger partial charge on any atom is -0.282 e. The quantitative estimate of drug-likeness (QED) is 0.301. The molecule has 0 radical (unpaired) electrons. The summed E-state index contributed by atoms with van der Waals surface area (Å²) in [5.74, 6) is 0. The Labute approximate surface area is 96.6 Å². The van der Waals surface area contributed by atoms with E-state index in [1.165, 1.54) is 0 Å². The first-order chi connectivity index (χ1) is 8.16. The fourth-order valence-electron chi connectivity index (χ4n) is 0.856. The maximum absolute atomic E-state index is 10.4. The number of nitro groups is 3. The van der Waals surface area contributed by atoms with Gasteiger partial charge in [-0.05, 0) is 6.92 Å². The van der Waals surface area contributed by atoms with Crippen LogP contribution in [-0.4, -0.2) is 38.5 Å². The molecule has 0 aliphatic carbocycles. The van der Waals surface area contributed by atoms with Gasteiger partial charge in [0, 0.05) is 0 Å². The Kier molecular flexibility index (Phi) is 5.28. The van der Waals surface area contributed by atoms with E-state index >= 15 is 0 Å². The second-order valence-corrected chi connectivity index (χ2v) is 2.69. The van der Waals surface area contributed by atoms with Crippen molar-refractivity contribution in [1.29, 1.82) is 0 Å². The summed E-state index contributed by atoms with van der Waals surface area (Å²) in [4.78, 5) is 40.0. The summed E-state index contributed by atoms with van der Waals surface area (Å²) in [5.41, 5.74) is 0. The van der Waals surface area contributed by atoms with E-state index in [1.807, 2.05) is 0 Å². The molecule has 0 heterocycles. The molecule has 0 fully saturated rings. The Hall–Kier alpha value is -2.64. The SMILES string of the molecule is CC(OC(C([N+](=O)[O-])[N+](=O)[O-])[N+](=O)[O-])O[N+](=O)[O-]. The normalized spacial score (nSPS) is 13.7. The molecule has 18 heavy (non-hydrogen) atoms. The first kappa shape index (κ1) is 15.4. The average molecular weight is 270 g/mol. The third-order valence-electron chi connectivity index (χ3n) is 1.46. The number of ether oxygens (including phenoxy) is 1. The molecule has 0 aromatic rings. The molecule has 0 aliphatic heterocycles. The first-order valence-electron chi connectivity index (χ1n) is 4.04. The largest absolute Gasteiger partial charge is 0.541 e. The zero-order valence-corrected chi connectivity index (χ0v) is 8.60. The summed E-state index contributed by atoms with van der Waals surface area (Å²) in [6.07, 6.45) is -7.50. The molecular formula is C4H6N4O10. The van der Waals surface area contributed by atoms with Crippen molar-refractivity contribution in [2.24, 2.45) is 0 Å². The fourth-order valence-corrected chi connectivity index (χ4v) is 0.856. The van der Waals surface area contributed by atoms with Crippen LogP contribution in [0.4, 0.5) is 0 Å². The van der Waals surface area contributed by atoms with Gasteiger partial charge in [0.15, 0.2) is 0 Å². The Morgan fingerprint density at radius 1 is 0.889 bits per heavy atom. The maximum atomic E-state index is 10.4. The molecule has 0 N–H and O–H groups in total. The van der Waals surface area contributed by atoms with Crippen molar-refractivity contribution in [2.45, 2.75) is 25.6 Å². The lowest BCUT2D eigenvalue weighted by molar-refractivity contribution is -0.818. The number of rotatable bonds is 8. The van der Waals surface area contributed by atoms with E-state index < -0.39 is 38.5 Å². The Balaban J connectivity index is 4.95. The second kappa shape index (κ2) is 6.18. The molecule has 2 unspecified atom stereocenters. The van der Waals surface area contributed by atoms with E-state index in [-0.39, 0.29) is 0 Å². The van der Waals surface area contributed by atoms with Gasteiger partial charge in [-0.3, -0.25) is 39.9 Å². The molecule has 14 nitrogen and oxygen atoms in total. The molecular weight excluding hydrogens is 264 g/mol. The molecule has 0 aromatic carbocycles. The highest BCUT2D eigenvalue weighted by atomic mass is 17.0. The lowest BCUT2D eigenvalue weighted by Gasteiger charge is -2.13. The fraction of sp³-hybridized carbons (Fsp3) is 1.00. The van der Waals surface area contributed by atoms with E-state index in [9.17, 15) is 40.5 Å². The van der Waals surface area contributed by atoms with Crippen molar-refractivity contribution in [3.63, 3.8) is 0 Å². The van der Waals surface area contributed by atoms with E-state index in [0.717, 1.165) is 6.92 Å². The van der Waals surface area contributed by atoms with Crippen LogP contribution in [0, 0.1) is 40.5 Å². The Morgan fingerprint density at radius 2 is 1.33 bits per heavy atom. The van der Waals surface area contributed by atoms with Crippen LogP contribution in [0.3, 0.4) is 0 Å². The topological polar surface area (TPSA) is 191 Å². The van der Waals surface area contributed by atoms with Gasteiger partial charge < -0.3 is 0 Å². The van der Waals surface area contributed by atoms with Gasteiger partial charge in [-0.15, -0.1) is 10.1 Å². The summed E-state index contributed by atoms with van der Waals surface area (Å²) in [6, 6.07) is 0. The minimum atomic E-state index is -2.90. The number of nitrogens with zero attached hydrogens (tertiary/aromatic N) is 4. The molecule has 102 valence electrons. The lowest BCUT2D eigenvalue weighted by atomic mass is 10.4.